The van der Waals surface area contributed by atoms with E-state index in [9.17, 15) is 8.78 Å². The first-order valence-corrected chi connectivity index (χ1v) is 7.63. The van der Waals surface area contributed by atoms with Gasteiger partial charge in [0.05, 0.1) is 0 Å². The molecule has 0 spiro atoms. The highest BCUT2D eigenvalue weighted by Crippen LogP contribution is 2.37. The van der Waals surface area contributed by atoms with Gasteiger partial charge in [-0.1, -0.05) is 20.3 Å². The Hall–Kier alpha value is -0.180. The number of hydrogen-bond donors (Lipinski definition) is 1. The van der Waals surface area contributed by atoms with Gasteiger partial charge in [-0.2, -0.15) is 0 Å². The molecule has 0 aromatic rings. The molecule has 2 fully saturated rings. The van der Waals surface area contributed by atoms with E-state index >= 15 is 0 Å². The number of nitrogens with one attached hydrogen (secondary N) is 1. The van der Waals surface area contributed by atoms with Crippen molar-refractivity contribution in [3.63, 3.8) is 0 Å². The van der Waals surface area contributed by atoms with E-state index in [1.54, 1.807) is 0 Å². The fourth-order valence-electron chi connectivity index (χ4n) is 3.88. The molecule has 2 aliphatic carbocycles. The number of hydrogen-bond acceptors (Lipinski definition) is 1. The fraction of sp³-hybridized carbons (Fsp3) is 1.00. The van der Waals surface area contributed by atoms with Gasteiger partial charge in [-0.3, -0.25) is 0 Å². The van der Waals surface area contributed by atoms with Gasteiger partial charge >= 0.3 is 0 Å². The Kier molecular flexibility index (Phi) is 4.63. The van der Waals surface area contributed by atoms with Crippen LogP contribution in [0.25, 0.3) is 0 Å². The van der Waals surface area contributed by atoms with Crippen LogP contribution in [0.1, 0.15) is 58.8 Å². The van der Waals surface area contributed by atoms with Crippen molar-refractivity contribution in [3.05, 3.63) is 0 Å². The molecule has 4 atom stereocenters. The molecule has 106 valence electrons. The second-order valence-electron chi connectivity index (χ2n) is 6.44. The van der Waals surface area contributed by atoms with Crippen molar-refractivity contribution in [2.45, 2.75) is 70.8 Å². The Morgan fingerprint density at radius 1 is 1.22 bits per heavy atom. The normalized spacial score (nSPS) is 40.0. The lowest BCUT2D eigenvalue weighted by Crippen LogP contribution is -2.39. The second-order valence-corrected chi connectivity index (χ2v) is 6.44. The molecule has 0 radical (unpaired) electrons. The van der Waals surface area contributed by atoms with E-state index in [0.717, 1.165) is 18.9 Å². The molecule has 18 heavy (non-hydrogen) atoms. The summed E-state index contributed by atoms with van der Waals surface area (Å²) in [6.07, 6.45) is 5.64. The van der Waals surface area contributed by atoms with Crippen molar-refractivity contribution >= 4 is 0 Å². The van der Waals surface area contributed by atoms with Gasteiger partial charge in [0.2, 0.25) is 5.92 Å². The first-order valence-electron chi connectivity index (χ1n) is 7.63. The SMILES string of the molecule is CCC1CCC(NCC2CCCC(F)(F)C2)C1C. The van der Waals surface area contributed by atoms with Crippen molar-refractivity contribution in [2.24, 2.45) is 17.8 Å². The zero-order valence-electron chi connectivity index (χ0n) is 11.7. The van der Waals surface area contributed by atoms with E-state index in [4.69, 9.17) is 0 Å². The molecule has 0 aromatic heterocycles. The quantitative estimate of drug-likeness (QED) is 0.797. The predicted molar refractivity (Wildman–Crippen MR) is 70.9 cm³/mol. The maximum Gasteiger partial charge on any atom is 0.248 e. The highest BCUT2D eigenvalue weighted by molar-refractivity contribution is 4.88. The summed E-state index contributed by atoms with van der Waals surface area (Å²) in [5.41, 5.74) is 0. The molecule has 0 bridgehead atoms. The molecule has 0 heterocycles. The summed E-state index contributed by atoms with van der Waals surface area (Å²) in [5, 5.41) is 3.57. The summed E-state index contributed by atoms with van der Waals surface area (Å²) in [5.74, 6) is -0.686. The van der Waals surface area contributed by atoms with Crippen LogP contribution in [-0.2, 0) is 0 Å². The van der Waals surface area contributed by atoms with Crippen LogP contribution in [0.2, 0.25) is 0 Å². The largest absolute Gasteiger partial charge is 0.313 e. The van der Waals surface area contributed by atoms with E-state index in [1.165, 1.54) is 19.3 Å². The minimum Gasteiger partial charge on any atom is -0.313 e. The lowest BCUT2D eigenvalue weighted by Gasteiger charge is -2.30. The smallest absolute Gasteiger partial charge is 0.248 e. The Balaban J connectivity index is 1.75. The van der Waals surface area contributed by atoms with Crippen LogP contribution in [0.15, 0.2) is 0 Å². The third-order valence-electron chi connectivity index (χ3n) is 5.16. The van der Waals surface area contributed by atoms with E-state index < -0.39 is 5.92 Å². The van der Waals surface area contributed by atoms with Crippen LogP contribution >= 0.6 is 0 Å². The van der Waals surface area contributed by atoms with Crippen molar-refractivity contribution in [1.82, 2.24) is 5.32 Å². The Labute approximate surface area is 110 Å². The topological polar surface area (TPSA) is 12.0 Å². The summed E-state index contributed by atoms with van der Waals surface area (Å²) in [4.78, 5) is 0. The molecule has 2 aliphatic rings. The molecule has 0 saturated heterocycles. The molecular formula is C15H27F2N. The Bertz CT molecular complexity index is 267. The molecule has 0 amide bonds. The minimum atomic E-state index is -2.40. The summed E-state index contributed by atoms with van der Waals surface area (Å²) in [7, 11) is 0. The van der Waals surface area contributed by atoms with Gasteiger partial charge in [-0.15, -0.1) is 0 Å². The Morgan fingerprint density at radius 2 is 2.00 bits per heavy atom. The average Bonchev–Trinajstić information content (AvgIpc) is 2.66. The van der Waals surface area contributed by atoms with Gasteiger partial charge in [0.25, 0.3) is 0 Å². The summed E-state index contributed by atoms with van der Waals surface area (Å²) < 4.78 is 26.6. The van der Waals surface area contributed by atoms with Crippen LogP contribution in [0.3, 0.4) is 0 Å². The van der Waals surface area contributed by atoms with Crippen molar-refractivity contribution < 1.29 is 8.78 Å². The molecular weight excluding hydrogens is 232 g/mol. The molecule has 2 saturated carbocycles. The second kappa shape index (κ2) is 5.85. The standard InChI is InChI=1S/C15H27F2N/c1-3-13-6-7-14(11(13)2)18-10-12-5-4-8-15(16,17)9-12/h11-14,18H,3-10H2,1-2H3. The van der Waals surface area contributed by atoms with E-state index in [-0.39, 0.29) is 18.8 Å². The lowest BCUT2D eigenvalue weighted by molar-refractivity contribution is -0.0524. The van der Waals surface area contributed by atoms with Gasteiger partial charge in [-0.05, 0) is 50.0 Å². The van der Waals surface area contributed by atoms with Gasteiger partial charge in [0.1, 0.15) is 0 Å². The van der Waals surface area contributed by atoms with Crippen LogP contribution in [0.5, 0.6) is 0 Å². The third kappa shape index (κ3) is 3.43. The van der Waals surface area contributed by atoms with Crippen LogP contribution in [0.4, 0.5) is 8.78 Å². The molecule has 4 unspecified atom stereocenters. The third-order valence-corrected chi connectivity index (χ3v) is 5.16. The van der Waals surface area contributed by atoms with Crippen molar-refractivity contribution in [1.29, 1.82) is 0 Å². The highest BCUT2D eigenvalue weighted by atomic mass is 19.3. The van der Waals surface area contributed by atoms with Crippen LogP contribution < -0.4 is 5.32 Å². The number of rotatable bonds is 4. The van der Waals surface area contributed by atoms with Gasteiger partial charge in [-0.25, -0.2) is 8.78 Å². The zero-order valence-corrected chi connectivity index (χ0v) is 11.7. The first kappa shape index (κ1) is 14.2. The molecule has 1 N–H and O–H groups in total. The minimum absolute atomic E-state index is 0.0955. The molecule has 2 rings (SSSR count). The summed E-state index contributed by atoms with van der Waals surface area (Å²) in [6, 6.07) is 0.561. The van der Waals surface area contributed by atoms with Gasteiger partial charge in [0.15, 0.2) is 0 Å². The zero-order chi connectivity index (χ0) is 13.2. The first-order chi connectivity index (χ1) is 8.52. The Morgan fingerprint density at radius 3 is 2.61 bits per heavy atom. The van der Waals surface area contributed by atoms with Crippen LogP contribution in [0, 0.1) is 17.8 Å². The van der Waals surface area contributed by atoms with Crippen LogP contribution in [-0.4, -0.2) is 18.5 Å². The predicted octanol–water partition coefficient (Wildman–Crippen LogP) is 4.23. The average molecular weight is 259 g/mol. The lowest BCUT2D eigenvalue weighted by atomic mass is 9.86. The molecule has 0 aromatic carbocycles. The summed E-state index contributed by atoms with van der Waals surface area (Å²) >= 11 is 0. The van der Waals surface area contributed by atoms with E-state index in [2.05, 4.69) is 19.2 Å². The van der Waals surface area contributed by atoms with E-state index in [1.807, 2.05) is 0 Å². The van der Waals surface area contributed by atoms with E-state index in [0.29, 0.717) is 18.4 Å². The van der Waals surface area contributed by atoms with Gasteiger partial charge in [0, 0.05) is 18.9 Å². The van der Waals surface area contributed by atoms with Gasteiger partial charge < -0.3 is 5.32 Å². The number of alkyl halides is 2. The summed E-state index contributed by atoms with van der Waals surface area (Å²) in [6.45, 7) is 5.36. The molecule has 1 nitrogen and oxygen atoms in total. The maximum absolute atomic E-state index is 13.3. The highest BCUT2D eigenvalue weighted by Gasteiger charge is 2.37. The maximum atomic E-state index is 13.3. The fourth-order valence-corrected chi connectivity index (χ4v) is 3.88. The monoisotopic (exact) mass is 259 g/mol. The molecule has 3 heteroatoms. The number of halogens is 2. The van der Waals surface area contributed by atoms with Crippen molar-refractivity contribution in [3.8, 4) is 0 Å². The van der Waals surface area contributed by atoms with Crippen molar-refractivity contribution in [2.75, 3.05) is 6.54 Å². The molecule has 0 aliphatic heterocycles.